The number of hydrogen-bond acceptors (Lipinski definition) is 5. The zero-order valence-electron chi connectivity index (χ0n) is 18.1. The molecule has 0 radical (unpaired) electrons. The van der Waals surface area contributed by atoms with Crippen molar-refractivity contribution >= 4 is 28.8 Å². The number of hydrogen-bond donors (Lipinski definition) is 0. The second kappa shape index (κ2) is 8.09. The van der Waals surface area contributed by atoms with Crippen molar-refractivity contribution in [2.45, 2.75) is 29.8 Å². The highest BCUT2D eigenvalue weighted by atomic mass is 32.2. The lowest BCUT2D eigenvalue weighted by Gasteiger charge is -2.45. The summed E-state index contributed by atoms with van der Waals surface area (Å²) in [4.78, 5) is 16.7. The molecule has 2 saturated heterocycles. The van der Waals surface area contributed by atoms with E-state index in [1.807, 2.05) is 11.8 Å². The van der Waals surface area contributed by atoms with Gasteiger partial charge >= 0.3 is 6.09 Å². The number of amides is 1. The van der Waals surface area contributed by atoms with Gasteiger partial charge in [0.2, 0.25) is 0 Å². The van der Waals surface area contributed by atoms with Gasteiger partial charge < -0.3 is 23.8 Å². The molecule has 0 N–H and O–H groups in total. The Balaban J connectivity index is 1.36. The zero-order valence-corrected chi connectivity index (χ0v) is 18.9. The largest absolute Gasteiger partial charge is 0.449 e. The summed E-state index contributed by atoms with van der Waals surface area (Å²) in [5.41, 5.74) is 4.33. The molecule has 3 heterocycles. The van der Waals surface area contributed by atoms with Gasteiger partial charge in [-0.2, -0.15) is 0 Å². The monoisotopic (exact) mass is 429 g/mol. The molecule has 0 spiro atoms. The van der Waals surface area contributed by atoms with Crippen LogP contribution >= 0.6 is 11.8 Å². The molecule has 0 saturated carbocycles. The zero-order chi connectivity index (χ0) is 20.8. The van der Waals surface area contributed by atoms with Gasteiger partial charge in [-0.05, 0) is 43.3 Å². The quantitative estimate of drug-likeness (QED) is 0.701. The SMILES string of the molecule is CSc1c2c3c(cccc3n1C)C1C[C@@H](COC(=O)N3CCOCC3)CN(C)[C@@H]1C2. The van der Waals surface area contributed by atoms with Gasteiger partial charge in [-0.1, -0.05) is 12.1 Å². The van der Waals surface area contributed by atoms with E-state index >= 15 is 0 Å². The lowest BCUT2D eigenvalue weighted by Crippen LogP contribution is -2.49. The fraction of sp³-hybridized carbons (Fsp3) is 0.609. The van der Waals surface area contributed by atoms with Gasteiger partial charge in [-0.3, -0.25) is 0 Å². The average molecular weight is 430 g/mol. The van der Waals surface area contributed by atoms with Gasteiger partial charge in [-0.25, -0.2) is 4.79 Å². The van der Waals surface area contributed by atoms with Crippen molar-refractivity contribution in [3.63, 3.8) is 0 Å². The molecule has 2 aromatic rings. The highest BCUT2D eigenvalue weighted by Crippen LogP contribution is 2.47. The second-order valence-electron chi connectivity index (χ2n) is 8.88. The van der Waals surface area contributed by atoms with Crippen LogP contribution in [0.1, 0.15) is 23.5 Å². The summed E-state index contributed by atoms with van der Waals surface area (Å²) in [5.74, 6) is 0.853. The maximum atomic E-state index is 12.4. The minimum Gasteiger partial charge on any atom is -0.449 e. The molecule has 0 bridgehead atoms. The number of fused-ring (bicyclic) bond motifs is 2. The van der Waals surface area contributed by atoms with Crippen molar-refractivity contribution < 1.29 is 14.3 Å². The summed E-state index contributed by atoms with van der Waals surface area (Å²) in [6.07, 6.45) is 4.17. The van der Waals surface area contributed by atoms with Gasteiger partial charge in [-0.15, -0.1) is 11.8 Å². The van der Waals surface area contributed by atoms with Crippen molar-refractivity contribution in [2.24, 2.45) is 13.0 Å². The maximum absolute atomic E-state index is 12.4. The Morgan fingerprint density at radius 1 is 1.27 bits per heavy atom. The molecule has 30 heavy (non-hydrogen) atoms. The fourth-order valence-electron chi connectivity index (χ4n) is 5.77. The first kappa shape index (κ1) is 20.2. The normalized spacial score (nSPS) is 26.6. The van der Waals surface area contributed by atoms with Crippen molar-refractivity contribution in [3.8, 4) is 0 Å². The summed E-state index contributed by atoms with van der Waals surface area (Å²) >= 11 is 1.85. The molecule has 3 aliphatic rings. The minimum absolute atomic E-state index is 0.191. The third-order valence-corrected chi connectivity index (χ3v) is 8.09. The Kier molecular flexibility index (Phi) is 5.45. The number of carbonyl (C=O) groups excluding carboxylic acids is 1. The highest BCUT2D eigenvalue weighted by molar-refractivity contribution is 7.98. The number of likely N-dealkylation sites (N-methyl/N-ethyl adjacent to an activating group) is 1. The number of nitrogens with zero attached hydrogens (tertiary/aromatic N) is 3. The Hall–Kier alpha value is -1.70. The van der Waals surface area contributed by atoms with Gasteiger partial charge in [0.05, 0.1) is 24.8 Å². The van der Waals surface area contributed by atoms with E-state index in [0.717, 1.165) is 19.4 Å². The molecule has 5 rings (SSSR count). The number of aryl methyl sites for hydroxylation is 1. The number of likely N-dealkylation sites (tertiary alicyclic amines) is 1. The van der Waals surface area contributed by atoms with Gasteiger partial charge in [0.25, 0.3) is 0 Å². The lowest BCUT2D eigenvalue weighted by molar-refractivity contribution is 0.0131. The van der Waals surface area contributed by atoms with Crippen molar-refractivity contribution in [1.29, 1.82) is 0 Å². The molecule has 162 valence electrons. The number of ether oxygens (including phenoxy) is 2. The Labute approximate surface area is 182 Å². The van der Waals surface area contributed by atoms with E-state index in [1.165, 1.54) is 27.1 Å². The van der Waals surface area contributed by atoms with Crippen LogP contribution in [0.25, 0.3) is 10.9 Å². The number of rotatable bonds is 3. The second-order valence-corrected chi connectivity index (χ2v) is 9.68. The number of thioether (sulfide) groups is 1. The van der Waals surface area contributed by atoms with Crippen LogP contribution in [0.5, 0.6) is 0 Å². The van der Waals surface area contributed by atoms with Crippen LogP contribution in [0, 0.1) is 5.92 Å². The first-order valence-electron chi connectivity index (χ1n) is 10.9. The van der Waals surface area contributed by atoms with Crippen LogP contribution in [-0.4, -0.2) is 79.3 Å². The Bertz CT molecular complexity index is 953. The number of carbonyl (C=O) groups is 1. The maximum Gasteiger partial charge on any atom is 0.409 e. The molecule has 1 aromatic carbocycles. The Morgan fingerprint density at radius 2 is 2.07 bits per heavy atom. The van der Waals surface area contributed by atoms with Gasteiger partial charge in [0, 0.05) is 55.5 Å². The van der Waals surface area contributed by atoms with Crippen molar-refractivity contribution in [3.05, 3.63) is 29.3 Å². The summed E-state index contributed by atoms with van der Waals surface area (Å²) in [5, 5.41) is 2.86. The number of morpholine rings is 1. The smallest absolute Gasteiger partial charge is 0.409 e. The summed E-state index contributed by atoms with van der Waals surface area (Å²) < 4.78 is 13.4. The average Bonchev–Trinajstić information content (AvgIpc) is 3.05. The van der Waals surface area contributed by atoms with Crippen molar-refractivity contribution in [1.82, 2.24) is 14.4 Å². The predicted octanol–water partition coefficient (Wildman–Crippen LogP) is 3.33. The van der Waals surface area contributed by atoms with Crippen LogP contribution < -0.4 is 0 Å². The summed E-state index contributed by atoms with van der Waals surface area (Å²) in [7, 11) is 4.43. The molecular weight excluding hydrogens is 398 g/mol. The van der Waals surface area contributed by atoms with E-state index in [0.29, 0.717) is 50.8 Å². The number of aromatic nitrogens is 1. The summed E-state index contributed by atoms with van der Waals surface area (Å²) in [6.45, 7) is 3.94. The minimum atomic E-state index is -0.191. The van der Waals surface area contributed by atoms with E-state index in [-0.39, 0.29) is 6.09 Å². The molecule has 2 fully saturated rings. The Morgan fingerprint density at radius 3 is 2.83 bits per heavy atom. The van der Waals surface area contributed by atoms with Gasteiger partial charge in [0.15, 0.2) is 0 Å². The molecule has 1 aliphatic carbocycles. The number of benzene rings is 1. The van der Waals surface area contributed by atoms with Crippen LogP contribution in [0.15, 0.2) is 23.2 Å². The fourth-order valence-corrected chi connectivity index (χ4v) is 6.58. The molecule has 1 amide bonds. The molecule has 3 atom stereocenters. The van der Waals surface area contributed by atoms with E-state index in [1.54, 1.807) is 4.90 Å². The molecule has 1 aromatic heterocycles. The molecular formula is C23H31N3O3S. The van der Waals surface area contributed by atoms with Crippen molar-refractivity contribution in [2.75, 3.05) is 52.8 Å². The van der Waals surface area contributed by atoms with E-state index in [9.17, 15) is 4.79 Å². The van der Waals surface area contributed by atoms with Crippen LogP contribution in [0.4, 0.5) is 4.79 Å². The van der Waals surface area contributed by atoms with E-state index in [4.69, 9.17) is 9.47 Å². The van der Waals surface area contributed by atoms with E-state index < -0.39 is 0 Å². The first-order valence-corrected chi connectivity index (χ1v) is 12.1. The van der Waals surface area contributed by atoms with E-state index in [2.05, 4.69) is 48.0 Å². The third kappa shape index (κ3) is 3.31. The summed E-state index contributed by atoms with van der Waals surface area (Å²) in [6, 6.07) is 7.29. The van der Waals surface area contributed by atoms with Crippen LogP contribution in [0.3, 0.4) is 0 Å². The lowest BCUT2D eigenvalue weighted by atomic mass is 9.72. The molecule has 2 aliphatic heterocycles. The van der Waals surface area contributed by atoms with Crippen LogP contribution in [-0.2, 0) is 22.9 Å². The van der Waals surface area contributed by atoms with Crippen LogP contribution in [0.2, 0.25) is 0 Å². The number of piperidine rings is 1. The molecule has 7 heteroatoms. The third-order valence-electron chi connectivity index (χ3n) is 7.18. The highest BCUT2D eigenvalue weighted by Gasteiger charge is 2.41. The molecule has 1 unspecified atom stereocenters. The van der Waals surface area contributed by atoms with Gasteiger partial charge in [0.1, 0.15) is 0 Å². The topological polar surface area (TPSA) is 46.9 Å². The first-order chi connectivity index (χ1) is 14.6. The standard InChI is InChI=1S/C23H31N3O3S/c1-24-13-15(14-29-23(27)26-7-9-28-10-8-26)11-17-16-5-4-6-19-21(16)18(12-20(17)24)22(30-3)25(19)2/h4-6,15,17,20H,7-14H2,1-3H3/t15-,17?,20-/m1/s1. The molecule has 6 nitrogen and oxygen atoms in total. The predicted molar refractivity (Wildman–Crippen MR) is 119 cm³/mol.